The molecule has 0 saturated heterocycles. The van der Waals surface area contributed by atoms with E-state index in [-0.39, 0.29) is 18.4 Å². The van der Waals surface area contributed by atoms with Gasteiger partial charge in [-0.05, 0) is 34.1 Å². The maximum absolute atomic E-state index is 12.9. The minimum absolute atomic E-state index is 0.0824. The first-order valence-corrected chi connectivity index (χ1v) is 5.25. The molecule has 0 amide bonds. The van der Waals surface area contributed by atoms with Gasteiger partial charge in [0.25, 0.3) is 0 Å². The molecule has 16 heavy (non-hydrogen) atoms. The van der Waals surface area contributed by atoms with Crippen molar-refractivity contribution in [1.29, 1.82) is 0 Å². The summed E-state index contributed by atoms with van der Waals surface area (Å²) >= 11 is 3.05. The molecule has 2 aromatic rings. The second-order valence-electron chi connectivity index (χ2n) is 2.99. The van der Waals surface area contributed by atoms with Crippen LogP contribution in [0.25, 0.3) is 0 Å². The van der Waals surface area contributed by atoms with E-state index in [0.29, 0.717) is 15.9 Å². The molecule has 0 spiro atoms. The van der Waals surface area contributed by atoms with Gasteiger partial charge in [-0.3, -0.25) is 0 Å². The highest BCUT2D eigenvalue weighted by molar-refractivity contribution is 9.10. The Morgan fingerprint density at radius 1 is 1.50 bits per heavy atom. The summed E-state index contributed by atoms with van der Waals surface area (Å²) in [6.45, 7) is 0.278. The molecule has 0 atom stereocenters. The number of halogens is 2. The van der Waals surface area contributed by atoms with Crippen molar-refractivity contribution >= 4 is 15.9 Å². The lowest BCUT2D eigenvalue weighted by atomic mass is 10.3. The molecule has 0 unspecified atom stereocenters. The Labute approximate surface area is 99.4 Å². The van der Waals surface area contributed by atoms with E-state index >= 15 is 0 Å². The van der Waals surface area contributed by atoms with E-state index in [1.54, 1.807) is 0 Å². The molecule has 2 N–H and O–H groups in total. The van der Waals surface area contributed by atoms with Crippen molar-refractivity contribution in [1.82, 2.24) is 4.98 Å². The van der Waals surface area contributed by atoms with Crippen LogP contribution in [0, 0.1) is 5.82 Å². The smallest absolute Gasteiger partial charge is 0.399 e. The first kappa shape index (κ1) is 11.1. The summed E-state index contributed by atoms with van der Waals surface area (Å²) in [5, 5.41) is 0. The number of nitrogens with two attached hydrogens (primary N) is 1. The molecule has 0 fully saturated rings. The number of aromatic nitrogens is 1. The summed E-state index contributed by atoms with van der Waals surface area (Å²) in [6, 6.07) is 4.25. The highest BCUT2D eigenvalue weighted by Crippen LogP contribution is 2.25. The molecule has 0 bridgehead atoms. The molecule has 0 aliphatic carbocycles. The quantitative estimate of drug-likeness (QED) is 0.943. The predicted octanol–water partition coefficient (Wildman–Crippen LogP) is 2.83. The number of nitrogens with zero attached hydrogens (tertiary/aromatic N) is 1. The normalized spacial score (nSPS) is 10.4. The van der Waals surface area contributed by atoms with Gasteiger partial charge in [-0.25, -0.2) is 4.39 Å². The van der Waals surface area contributed by atoms with E-state index in [9.17, 15) is 4.39 Å². The molecule has 1 aromatic heterocycles. The van der Waals surface area contributed by atoms with Crippen LogP contribution in [-0.2, 0) is 6.54 Å². The molecule has 0 radical (unpaired) electrons. The van der Waals surface area contributed by atoms with Crippen molar-refractivity contribution < 1.29 is 13.5 Å². The van der Waals surface area contributed by atoms with Crippen molar-refractivity contribution in [3.63, 3.8) is 0 Å². The summed E-state index contributed by atoms with van der Waals surface area (Å²) in [7, 11) is 0. The minimum atomic E-state index is -0.359. The maximum Gasteiger partial charge on any atom is 0.399 e. The van der Waals surface area contributed by atoms with Crippen LogP contribution in [0.4, 0.5) is 4.39 Å². The van der Waals surface area contributed by atoms with Crippen LogP contribution < -0.4 is 10.5 Å². The standard InChI is InChI=1S/C10H8BrFN2O2/c11-8-3-7(1-2-9(8)12)16-10-14-6(4-13)5-15-10/h1-3,5H,4,13H2. The van der Waals surface area contributed by atoms with E-state index in [2.05, 4.69) is 20.9 Å². The maximum atomic E-state index is 12.9. The first-order chi connectivity index (χ1) is 7.69. The Morgan fingerprint density at radius 3 is 2.94 bits per heavy atom. The zero-order valence-corrected chi connectivity index (χ0v) is 9.70. The first-order valence-electron chi connectivity index (χ1n) is 4.46. The van der Waals surface area contributed by atoms with Gasteiger partial charge in [0.2, 0.25) is 0 Å². The van der Waals surface area contributed by atoms with E-state index in [1.807, 2.05) is 0 Å². The topological polar surface area (TPSA) is 61.3 Å². The summed E-state index contributed by atoms with van der Waals surface area (Å²) in [5.41, 5.74) is 5.96. The average Bonchev–Trinajstić information content (AvgIpc) is 2.71. The third-order valence-electron chi connectivity index (χ3n) is 1.84. The van der Waals surface area contributed by atoms with Crippen LogP contribution >= 0.6 is 15.9 Å². The van der Waals surface area contributed by atoms with Gasteiger partial charge in [-0.15, -0.1) is 0 Å². The predicted molar refractivity (Wildman–Crippen MR) is 58.6 cm³/mol. The Hall–Kier alpha value is -1.40. The third kappa shape index (κ3) is 2.40. The molecule has 1 heterocycles. The fourth-order valence-corrected chi connectivity index (χ4v) is 1.43. The summed E-state index contributed by atoms with van der Waals surface area (Å²) in [5.74, 6) is 0.0705. The van der Waals surface area contributed by atoms with E-state index in [0.717, 1.165) is 0 Å². The van der Waals surface area contributed by atoms with E-state index < -0.39 is 0 Å². The van der Waals surface area contributed by atoms with Crippen LogP contribution in [0.5, 0.6) is 11.8 Å². The minimum Gasteiger partial charge on any atom is -0.417 e. The number of rotatable bonds is 3. The molecule has 1 aromatic carbocycles. The van der Waals surface area contributed by atoms with Crippen LogP contribution in [0.15, 0.2) is 33.4 Å². The lowest BCUT2D eigenvalue weighted by Crippen LogP contribution is -1.95. The largest absolute Gasteiger partial charge is 0.417 e. The SMILES string of the molecule is NCc1coc(Oc2ccc(F)c(Br)c2)n1. The number of oxazole rings is 1. The Morgan fingerprint density at radius 2 is 2.31 bits per heavy atom. The monoisotopic (exact) mass is 286 g/mol. The highest BCUT2D eigenvalue weighted by Gasteiger charge is 2.07. The summed E-state index contributed by atoms with van der Waals surface area (Å²) in [4.78, 5) is 3.95. The zero-order chi connectivity index (χ0) is 11.5. The van der Waals surface area contributed by atoms with Crippen molar-refractivity contribution in [2.45, 2.75) is 6.54 Å². The third-order valence-corrected chi connectivity index (χ3v) is 2.44. The van der Waals surface area contributed by atoms with Crippen molar-refractivity contribution in [2.75, 3.05) is 0 Å². The van der Waals surface area contributed by atoms with Crippen LogP contribution in [0.2, 0.25) is 0 Å². The van der Waals surface area contributed by atoms with E-state index in [4.69, 9.17) is 14.9 Å². The molecular weight excluding hydrogens is 279 g/mol. The Bertz CT molecular complexity index is 501. The van der Waals surface area contributed by atoms with Crippen molar-refractivity contribution in [2.24, 2.45) is 5.73 Å². The van der Waals surface area contributed by atoms with Crippen LogP contribution in [0.3, 0.4) is 0 Å². The van der Waals surface area contributed by atoms with Crippen molar-refractivity contribution in [3.05, 3.63) is 40.4 Å². The Kier molecular flexibility index (Phi) is 3.21. The number of hydrogen-bond acceptors (Lipinski definition) is 4. The molecule has 4 nitrogen and oxygen atoms in total. The molecule has 0 aliphatic rings. The lowest BCUT2D eigenvalue weighted by Gasteiger charge is -2.01. The van der Waals surface area contributed by atoms with Crippen molar-refractivity contribution in [3.8, 4) is 11.8 Å². The number of ether oxygens (including phenoxy) is 1. The Balaban J connectivity index is 2.17. The van der Waals surface area contributed by atoms with Gasteiger partial charge in [-0.2, -0.15) is 4.98 Å². The molecular formula is C10H8BrFN2O2. The fraction of sp³-hybridized carbons (Fsp3) is 0.100. The number of hydrogen-bond donors (Lipinski definition) is 1. The van der Waals surface area contributed by atoms with Crippen LogP contribution in [-0.4, -0.2) is 4.98 Å². The van der Waals surface area contributed by atoms with Gasteiger partial charge >= 0.3 is 6.08 Å². The van der Waals surface area contributed by atoms with E-state index in [1.165, 1.54) is 24.5 Å². The second-order valence-corrected chi connectivity index (χ2v) is 3.84. The fourth-order valence-electron chi connectivity index (χ4n) is 1.07. The van der Waals surface area contributed by atoms with Gasteiger partial charge < -0.3 is 14.9 Å². The zero-order valence-electron chi connectivity index (χ0n) is 8.11. The summed E-state index contributed by atoms with van der Waals surface area (Å²) in [6.07, 6.45) is 1.49. The average molecular weight is 287 g/mol. The molecule has 6 heteroatoms. The molecule has 0 saturated carbocycles. The van der Waals surface area contributed by atoms with Gasteiger partial charge in [0.05, 0.1) is 10.2 Å². The number of benzene rings is 1. The molecule has 2 rings (SSSR count). The van der Waals surface area contributed by atoms with Crippen LogP contribution in [0.1, 0.15) is 5.69 Å². The molecule has 0 aliphatic heterocycles. The van der Waals surface area contributed by atoms with Gasteiger partial charge in [0.1, 0.15) is 17.8 Å². The lowest BCUT2D eigenvalue weighted by molar-refractivity contribution is 0.330. The molecule has 84 valence electrons. The second kappa shape index (κ2) is 4.63. The highest BCUT2D eigenvalue weighted by atomic mass is 79.9. The summed E-state index contributed by atoms with van der Waals surface area (Å²) < 4.78 is 23.5. The van der Waals surface area contributed by atoms with Gasteiger partial charge in [-0.1, -0.05) is 0 Å². The van der Waals surface area contributed by atoms with Gasteiger partial charge in [0.15, 0.2) is 0 Å². The van der Waals surface area contributed by atoms with Gasteiger partial charge in [0, 0.05) is 6.54 Å².